The van der Waals surface area contributed by atoms with E-state index in [0.29, 0.717) is 0 Å². The predicted molar refractivity (Wildman–Crippen MR) is 87.2 cm³/mol. The molecule has 0 aliphatic heterocycles. The monoisotopic (exact) mass is 296 g/mol. The van der Waals surface area contributed by atoms with Gasteiger partial charge in [0.05, 0.1) is 7.11 Å². The van der Waals surface area contributed by atoms with Gasteiger partial charge in [-0.15, -0.1) is 0 Å². The molecule has 3 nitrogen and oxygen atoms in total. The molecule has 1 aromatic heterocycles. The lowest BCUT2D eigenvalue weighted by molar-refractivity contribution is 0.414. The van der Waals surface area contributed by atoms with Gasteiger partial charge in [0.1, 0.15) is 5.75 Å². The fourth-order valence-corrected chi connectivity index (χ4v) is 2.78. The second-order valence-electron chi connectivity index (χ2n) is 4.79. The fraction of sp³-hybridized carbons (Fsp3) is 0.118. The Morgan fingerprint density at radius 1 is 0.905 bits per heavy atom. The van der Waals surface area contributed by atoms with Crippen LogP contribution in [-0.2, 0) is 0 Å². The molecule has 0 saturated heterocycles. The number of nitrogens with zero attached hydrogens (tertiary/aromatic N) is 2. The van der Waals surface area contributed by atoms with Crippen molar-refractivity contribution in [2.75, 3.05) is 7.11 Å². The Balaban J connectivity index is 2.12. The summed E-state index contributed by atoms with van der Waals surface area (Å²) < 4.78 is 10.0. The van der Waals surface area contributed by atoms with E-state index in [-0.39, 0.29) is 0 Å². The molecular weight excluding hydrogens is 280 g/mol. The van der Waals surface area contributed by atoms with Gasteiger partial charge in [-0.1, -0.05) is 18.2 Å². The fourth-order valence-electron chi connectivity index (χ4n) is 2.38. The summed E-state index contributed by atoms with van der Waals surface area (Å²) in [6, 6.07) is 18.0. The number of ether oxygens (including phenoxy) is 1. The largest absolute Gasteiger partial charge is 0.497 e. The molecule has 0 bridgehead atoms. The van der Waals surface area contributed by atoms with Gasteiger partial charge >= 0.3 is 0 Å². The average Bonchev–Trinajstić information content (AvgIpc) is 2.83. The molecule has 0 unspecified atom stereocenters. The molecule has 0 aliphatic carbocycles. The Hall–Kier alpha value is -2.33. The van der Waals surface area contributed by atoms with Crippen molar-refractivity contribution in [1.29, 1.82) is 0 Å². The number of aromatic nitrogens is 2. The highest BCUT2D eigenvalue weighted by Gasteiger charge is 2.08. The van der Waals surface area contributed by atoms with Gasteiger partial charge in [0.25, 0.3) is 0 Å². The molecular formula is C17H16N2OS. The van der Waals surface area contributed by atoms with Crippen molar-refractivity contribution in [3.63, 3.8) is 0 Å². The molecule has 0 aliphatic rings. The summed E-state index contributed by atoms with van der Waals surface area (Å²) in [5, 5.41) is 0. The molecule has 1 heterocycles. The third kappa shape index (κ3) is 2.50. The number of rotatable bonds is 3. The second kappa shape index (κ2) is 5.58. The van der Waals surface area contributed by atoms with Crippen molar-refractivity contribution in [1.82, 2.24) is 9.13 Å². The summed E-state index contributed by atoms with van der Waals surface area (Å²) in [6.45, 7) is 2.06. The number of hydrogen-bond acceptors (Lipinski definition) is 2. The average molecular weight is 296 g/mol. The van der Waals surface area contributed by atoms with Crippen molar-refractivity contribution in [3.05, 3.63) is 71.3 Å². The smallest absolute Gasteiger partial charge is 0.189 e. The minimum Gasteiger partial charge on any atom is -0.497 e. The Morgan fingerprint density at radius 3 is 2.19 bits per heavy atom. The summed E-state index contributed by atoms with van der Waals surface area (Å²) >= 11 is 5.63. The molecule has 4 heteroatoms. The molecule has 0 spiro atoms. The lowest BCUT2D eigenvalue weighted by atomic mass is 10.3. The maximum atomic E-state index is 5.63. The highest BCUT2D eigenvalue weighted by Crippen LogP contribution is 2.20. The Morgan fingerprint density at radius 2 is 1.57 bits per heavy atom. The first-order valence-corrected chi connectivity index (χ1v) is 7.12. The van der Waals surface area contributed by atoms with Gasteiger partial charge < -0.3 is 4.74 Å². The van der Waals surface area contributed by atoms with Crippen LogP contribution in [0.25, 0.3) is 11.4 Å². The first-order chi connectivity index (χ1) is 10.2. The zero-order valence-corrected chi connectivity index (χ0v) is 12.8. The van der Waals surface area contributed by atoms with Crippen molar-refractivity contribution >= 4 is 12.2 Å². The third-order valence-electron chi connectivity index (χ3n) is 3.43. The Kier molecular flexibility index (Phi) is 3.62. The van der Waals surface area contributed by atoms with E-state index < -0.39 is 0 Å². The minimum absolute atomic E-state index is 0.754. The maximum Gasteiger partial charge on any atom is 0.189 e. The van der Waals surface area contributed by atoms with Crippen LogP contribution >= 0.6 is 12.2 Å². The van der Waals surface area contributed by atoms with Crippen LogP contribution in [0, 0.1) is 11.7 Å². The van der Waals surface area contributed by atoms with Crippen LogP contribution in [0.1, 0.15) is 5.69 Å². The van der Waals surface area contributed by atoms with Gasteiger partial charge in [-0.05, 0) is 55.5 Å². The standard InChI is InChI=1S/C17H16N2OS/c1-13-12-18(14-6-4-3-5-7-14)17(21)19(13)15-8-10-16(20-2)11-9-15/h3-12H,1-2H3. The number of benzene rings is 2. The van der Waals surface area contributed by atoms with E-state index in [1.54, 1.807) is 7.11 Å². The Bertz CT molecular complexity index is 801. The molecule has 3 aromatic rings. The maximum absolute atomic E-state index is 5.63. The summed E-state index contributed by atoms with van der Waals surface area (Å²) in [5.74, 6) is 0.838. The molecule has 2 aromatic carbocycles. The molecule has 3 rings (SSSR count). The predicted octanol–water partition coefficient (Wildman–Crippen LogP) is 4.31. The molecule has 106 valence electrons. The number of aryl methyl sites for hydroxylation is 1. The van der Waals surface area contributed by atoms with E-state index in [1.807, 2.05) is 59.2 Å². The van der Waals surface area contributed by atoms with Crippen LogP contribution in [0.3, 0.4) is 0 Å². The molecule has 0 radical (unpaired) electrons. The highest BCUT2D eigenvalue weighted by atomic mass is 32.1. The zero-order valence-electron chi connectivity index (χ0n) is 12.0. The summed E-state index contributed by atoms with van der Waals surface area (Å²) in [5.41, 5.74) is 3.19. The van der Waals surface area contributed by atoms with Crippen LogP contribution in [0.4, 0.5) is 0 Å². The van der Waals surface area contributed by atoms with E-state index >= 15 is 0 Å². The van der Waals surface area contributed by atoms with Crippen molar-refractivity contribution in [3.8, 4) is 17.1 Å². The van der Waals surface area contributed by atoms with Crippen LogP contribution in [0.15, 0.2) is 60.8 Å². The minimum atomic E-state index is 0.754. The summed E-state index contributed by atoms with van der Waals surface area (Å²) in [6.07, 6.45) is 2.06. The zero-order chi connectivity index (χ0) is 14.8. The van der Waals surface area contributed by atoms with E-state index in [0.717, 1.165) is 27.6 Å². The third-order valence-corrected chi connectivity index (χ3v) is 3.81. The van der Waals surface area contributed by atoms with E-state index in [2.05, 4.69) is 17.7 Å². The molecule has 21 heavy (non-hydrogen) atoms. The SMILES string of the molecule is COc1ccc(-n2c(C)cn(-c3ccccc3)c2=S)cc1. The van der Waals surface area contributed by atoms with Crippen LogP contribution in [0.2, 0.25) is 0 Å². The molecule has 0 saturated carbocycles. The van der Waals surface area contributed by atoms with Gasteiger partial charge in [-0.3, -0.25) is 9.13 Å². The molecule has 0 atom stereocenters. The molecule has 0 amide bonds. The number of hydrogen-bond donors (Lipinski definition) is 0. The second-order valence-corrected chi connectivity index (χ2v) is 5.16. The Labute approximate surface area is 129 Å². The van der Waals surface area contributed by atoms with Gasteiger partial charge in [-0.25, -0.2) is 0 Å². The van der Waals surface area contributed by atoms with Crippen molar-refractivity contribution in [2.24, 2.45) is 0 Å². The van der Waals surface area contributed by atoms with E-state index in [4.69, 9.17) is 17.0 Å². The molecule has 0 N–H and O–H groups in total. The van der Waals surface area contributed by atoms with Gasteiger partial charge in [0, 0.05) is 23.3 Å². The first-order valence-electron chi connectivity index (χ1n) is 6.71. The van der Waals surface area contributed by atoms with Crippen molar-refractivity contribution < 1.29 is 4.74 Å². The number of para-hydroxylation sites is 1. The molecule has 0 fully saturated rings. The van der Waals surface area contributed by atoms with Crippen LogP contribution < -0.4 is 4.74 Å². The van der Waals surface area contributed by atoms with Gasteiger partial charge in [0.2, 0.25) is 0 Å². The van der Waals surface area contributed by atoms with E-state index in [9.17, 15) is 0 Å². The first kappa shape index (κ1) is 13.6. The summed E-state index contributed by atoms with van der Waals surface area (Å²) in [4.78, 5) is 0. The van der Waals surface area contributed by atoms with Gasteiger partial charge in [0.15, 0.2) is 4.77 Å². The van der Waals surface area contributed by atoms with Crippen LogP contribution in [0.5, 0.6) is 5.75 Å². The number of imidazole rings is 1. The lowest BCUT2D eigenvalue weighted by Gasteiger charge is -2.07. The quantitative estimate of drug-likeness (QED) is 0.671. The lowest BCUT2D eigenvalue weighted by Crippen LogP contribution is -1.99. The highest BCUT2D eigenvalue weighted by molar-refractivity contribution is 7.71. The summed E-state index contributed by atoms with van der Waals surface area (Å²) in [7, 11) is 1.66. The topological polar surface area (TPSA) is 19.1 Å². The van der Waals surface area contributed by atoms with Crippen molar-refractivity contribution in [2.45, 2.75) is 6.92 Å². The van der Waals surface area contributed by atoms with Gasteiger partial charge in [-0.2, -0.15) is 0 Å². The normalized spacial score (nSPS) is 10.6. The van der Waals surface area contributed by atoms with E-state index in [1.165, 1.54) is 0 Å². The van der Waals surface area contributed by atoms with Crippen LogP contribution in [-0.4, -0.2) is 16.2 Å². The number of methoxy groups -OCH3 is 1.